The van der Waals surface area contributed by atoms with Crippen molar-refractivity contribution in [3.63, 3.8) is 0 Å². The largest absolute Gasteiger partial charge is 0.481 e. The van der Waals surface area contributed by atoms with E-state index in [1.165, 1.54) is 0 Å². The molecule has 2 rings (SSSR count). The lowest BCUT2D eigenvalue weighted by molar-refractivity contribution is -0.143. The Kier molecular flexibility index (Phi) is 4.69. The number of rotatable bonds is 2. The fourth-order valence-electron chi connectivity index (χ4n) is 3.22. The Morgan fingerprint density at radius 3 is 2.10 bits per heavy atom. The highest BCUT2D eigenvalue weighted by Gasteiger charge is 2.35. The molecule has 0 aromatic carbocycles. The highest BCUT2D eigenvalue weighted by molar-refractivity contribution is 5.78. The van der Waals surface area contributed by atoms with Crippen LogP contribution in [-0.4, -0.2) is 58.5 Å². The molecule has 2 aliphatic heterocycles. The Balaban J connectivity index is 1.89. The van der Waals surface area contributed by atoms with Gasteiger partial charge in [0.1, 0.15) is 0 Å². The van der Waals surface area contributed by atoms with Crippen LogP contribution in [0.25, 0.3) is 0 Å². The van der Waals surface area contributed by atoms with Crippen molar-refractivity contribution < 1.29 is 19.5 Å². The molecule has 7 heteroatoms. The van der Waals surface area contributed by atoms with Crippen LogP contribution >= 0.6 is 0 Å². The number of urea groups is 1. The summed E-state index contributed by atoms with van der Waals surface area (Å²) < 4.78 is 0. The quantitative estimate of drug-likeness (QED) is 0.774. The number of likely N-dealkylation sites (tertiary alicyclic amines) is 2. The van der Waals surface area contributed by atoms with Gasteiger partial charge in [0, 0.05) is 31.6 Å². The first-order chi connectivity index (χ1) is 9.90. The van der Waals surface area contributed by atoms with Gasteiger partial charge in [-0.1, -0.05) is 0 Å². The Labute approximate surface area is 124 Å². The van der Waals surface area contributed by atoms with Gasteiger partial charge in [0.25, 0.3) is 0 Å². The molecule has 0 spiro atoms. The van der Waals surface area contributed by atoms with E-state index in [2.05, 4.69) is 0 Å². The second kappa shape index (κ2) is 6.32. The van der Waals surface area contributed by atoms with Crippen molar-refractivity contribution in [2.24, 2.45) is 17.6 Å². The van der Waals surface area contributed by atoms with Crippen molar-refractivity contribution in [1.29, 1.82) is 0 Å². The fourth-order valence-corrected chi connectivity index (χ4v) is 3.22. The van der Waals surface area contributed by atoms with E-state index >= 15 is 0 Å². The van der Waals surface area contributed by atoms with Gasteiger partial charge in [-0.25, -0.2) is 4.79 Å². The normalized spacial score (nSPS) is 27.5. The standard InChI is InChI=1S/C14H23N3O4/c1-9-8-11(13(19)20)4-7-17(9)14(21)16-5-2-10(3-6-16)12(15)18/h9-11H,2-8H2,1H3,(H2,15,18)(H,19,20). The van der Waals surface area contributed by atoms with E-state index in [0.717, 1.165) is 0 Å². The fraction of sp³-hybridized carbons (Fsp3) is 0.786. The minimum atomic E-state index is -0.781. The van der Waals surface area contributed by atoms with Gasteiger partial charge in [-0.15, -0.1) is 0 Å². The van der Waals surface area contributed by atoms with Crippen LogP contribution in [0.15, 0.2) is 0 Å². The summed E-state index contributed by atoms with van der Waals surface area (Å²) >= 11 is 0. The average molecular weight is 297 g/mol. The molecule has 2 heterocycles. The van der Waals surface area contributed by atoms with Crippen molar-refractivity contribution >= 4 is 17.9 Å². The highest BCUT2D eigenvalue weighted by atomic mass is 16.4. The van der Waals surface area contributed by atoms with Gasteiger partial charge in [0.2, 0.25) is 5.91 Å². The number of carboxylic acid groups (broad SMARTS) is 1. The monoisotopic (exact) mass is 297 g/mol. The number of primary amides is 1. The Morgan fingerprint density at radius 1 is 1.05 bits per heavy atom. The van der Waals surface area contributed by atoms with E-state index < -0.39 is 5.97 Å². The minimum Gasteiger partial charge on any atom is -0.481 e. The predicted molar refractivity (Wildman–Crippen MR) is 75.4 cm³/mol. The molecule has 0 radical (unpaired) electrons. The molecular weight excluding hydrogens is 274 g/mol. The zero-order chi connectivity index (χ0) is 15.6. The number of nitrogens with zero attached hydrogens (tertiary/aromatic N) is 2. The molecule has 7 nitrogen and oxygen atoms in total. The zero-order valence-corrected chi connectivity index (χ0v) is 12.3. The third kappa shape index (κ3) is 3.46. The number of amides is 3. The van der Waals surface area contributed by atoms with Gasteiger partial charge in [-0.3, -0.25) is 9.59 Å². The average Bonchev–Trinajstić information content (AvgIpc) is 2.46. The third-order valence-corrected chi connectivity index (χ3v) is 4.64. The first-order valence-corrected chi connectivity index (χ1v) is 7.47. The number of nitrogens with two attached hydrogens (primary N) is 1. The maximum Gasteiger partial charge on any atom is 0.320 e. The summed E-state index contributed by atoms with van der Waals surface area (Å²) in [5, 5.41) is 9.05. The van der Waals surface area contributed by atoms with E-state index in [-0.39, 0.29) is 29.8 Å². The lowest BCUT2D eigenvalue weighted by Crippen LogP contribution is -2.53. The van der Waals surface area contributed by atoms with E-state index in [1.54, 1.807) is 9.80 Å². The predicted octanol–water partition coefficient (Wildman–Crippen LogP) is 0.489. The van der Waals surface area contributed by atoms with Gasteiger partial charge in [-0.05, 0) is 32.6 Å². The molecule has 2 aliphatic rings. The molecular formula is C14H23N3O4. The van der Waals surface area contributed by atoms with Crippen LogP contribution in [0, 0.1) is 11.8 Å². The minimum absolute atomic E-state index is 0.0470. The van der Waals surface area contributed by atoms with Crippen molar-refractivity contribution in [3.8, 4) is 0 Å². The smallest absolute Gasteiger partial charge is 0.320 e. The van der Waals surface area contributed by atoms with E-state index in [0.29, 0.717) is 45.3 Å². The van der Waals surface area contributed by atoms with Gasteiger partial charge >= 0.3 is 12.0 Å². The van der Waals surface area contributed by atoms with Crippen LogP contribution in [-0.2, 0) is 9.59 Å². The number of carbonyl (C=O) groups excluding carboxylic acids is 2. The van der Waals surface area contributed by atoms with E-state index in [4.69, 9.17) is 10.8 Å². The molecule has 2 fully saturated rings. The van der Waals surface area contributed by atoms with Crippen LogP contribution in [0.1, 0.15) is 32.6 Å². The molecule has 0 aromatic heterocycles. The maximum atomic E-state index is 12.5. The summed E-state index contributed by atoms with van der Waals surface area (Å²) in [6, 6.07) is -0.115. The summed E-state index contributed by atoms with van der Waals surface area (Å²) in [6.07, 6.45) is 2.23. The number of piperidine rings is 2. The van der Waals surface area contributed by atoms with Crippen LogP contribution in [0.5, 0.6) is 0 Å². The molecule has 3 amide bonds. The molecule has 2 unspecified atom stereocenters. The molecule has 2 atom stereocenters. The van der Waals surface area contributed by atoms with Crippen molar-refractivity contribution in [2.45, 2.75) is 38.6 Å². The summed E-state index contributed by atoms with van der Waals surface area (Å²) in [4.78, 5) is 38.2. The number of carboxylic acids is 1. The SMILES string of the molecule is CC1CC(C(=O)O)CCN1C(=O)N1CCC(C(N)=O)CC1. The second-order valence-electron chi connectivity index (χ2n) is 6.05. The van der Waals surface area contributed by atoms with Crippen molar-refractivity contribution in [2.75, 3.05) is 19.6 Å². The summed E-state index contributed by atoms with van der Waals surface area (Å²) in [5.74, 6) is -1.57. The first kappa shape index (κ1) is 15.6. The van der Waals surface area contributed by atoms with Crippen molar-refractivity contribution in [1.82, 2.24) is 9.80 Å². The molecule has 3 N–H and O–H groups in total. The van der Waals surface area contributed by atoms with Crippen LogP contribution in [0.4, 0.5) is 4.79 Å². The highest BCUT2D eigenvalue weighted by Crippen LogP contribution is 2.25. The third-order valence-electron chi connectivity index (χ3n) is 4.64. The summed E-state index contributed by atoms with van der Waals surface area (Å²) in [7, 11) is 0. The van der Waals surface area contributed by atoms with Gasteiger partial charge < -0.3 is 20.6 Å². The molecule has 118 valence electrons. The molecule has 0 saturated carbocycles. The number of aliphatic carboxylic acids is 1. The van der Waals surface area contributed by atoms with E-state index in [1.807, 2.05) is 6.92 Å². The first-order valence-electron chi connectivity index (χ1n) is 7.47. The number of carbonyl (C=O) groups is 3. The van der Waals surface area contributed by atoms with Gasteiger partial charge in [0.05, 0.1) is 5.92 Å². The molecule has 2 saturated heterocycles. The topological polar surface area (TPSA) is 104 Å². The van der Waals surface area contributed by atoms with E-state index in [9.17, 15) is 14.4 Å². The maximum absolute atomic E-state index is 12.5. The number of hydrogen-bond donors (Lipinski definition) is 2. The molecule has 21 heavy (non-hydrogen) atoms. The Morgan fingerprint density at radius 2 is 1.62 bits per heavy atom. The van der Waals surface area contributed by atoms with Gasteiger partial charge in [0.15, 0.2) is 0 Å². The second-order valence-corrected chi connectivity index (χ2v) is 6.05. The zero-order valence-electron chi connectivity index (χ0n) is 12.3. The summed E-state index contributed by atoms with van der Waals surface area (Å²) in [5.41, 5.74) is 5.29. The molecule has 0 bridgehead atoms. The number of hydrogen-bond acceptors (Lipinski definition) is 3. The van der Waals surface area contributed by atoms with Gasteiger partial charge in [-0.2, -0.15) is 0 Å². The summed E-state index contributed by atoms with van der Waals surface area (Å²) in [6.45, 7) is 3.45. The van der Waals surface area contributed by atoms with Crippen molar-refractivity contribution in [3.05, 3.63) is 0 Å². The molecule has 0 aromatic rings. The van der Waals surface area contributed by atoms with Crippen LogP contribution < -0.4 is 5.73 Å². The molecule has 0 aliphatic carbocycles. The lowest BCUT2D eigenvalue weighted by atomic mass is 9.91. The van der Waals surface area contributed by atoms with Crippen LogP contribution in [0.2, 0.25) is 0 Å². The Bertz CT molecular complexity index is 432. The Hall–Kier alpha value is -1.79. The lowest BCUT2D eigenvalue weighted by Gasteiger charge is -2.41. The van der Waals surface area contributed by atoms with Crippen LogP contribution in [0.3, 0.4) is 0 Å².